The third-order valence-corrected chi connectivity index (χ3v) is 3.56. The van der Waals surface area contributed by atoms with Gasteiger partial charge in [0.15, 0.2) is 0 Å². The van der Waals surface area contributed by atoms with Crippen LogP contribution < -0.4 is 10.6 Å². The van der Waals surface area contributed by atoms with Crippen molar-refractivity contribution in [2.24, 2.45) is 4.99 Å². The number of hydrogen-bond acceptors (Lipinski definition) is 5. The van der Waals surface area contributed by atoms with Crippen LogP contribution in [-0.2, 0) is 11.2 Å². The molecule has 0 atom stereocenters. The first-order chi connectivity index (χ1) is 12.1. The highest BCUT2D eigenvalue weighted by Crippen LogP contribution is 2.12. The van der Waals surface area contributed by atoms with Crippen molar-refractivity contribution in [3.63, 3.8) is 0 Å². The van der Waals surface area contributed by atoms with Gasteiger partial charge in [-0.2, -0.15) is 0 Å². The highest BCUT2D eigenvalue weighted by molar-refractivity contribution is 5.67. The molecule has 0 saturated carbocycles. The number of nitrogens with one attached hydrogen (secondary N) is 2. The molecule has 25 heavy (non-hydrogen) atoms. The number of carbonyl (C=O) groups is 1. The van der Waals surface area contributed by atoms with Gasteiger partial charge in [0.2, 0.25) is 0 Å². The molecule has 0 fully saturated rings. The van der Waals surface area contributed by atoms with E-state index in [1.165, 1.54) is 0 Å². The summed E-state index contributed by atoms with van der Waals surface area (Å²) in [6, 6.07) is 11.5. The zero-order valence-corrected chi connectivity index (χ0v) is 14.2. The largest absolute Gasteiger partial charge is 0.481 e. The molecule has 0 bridgehead atoms. The van der Waals surface area contributed by atoms with Crippen molar-refractivity contribution in [3.8, 4) is 0 Å². The Balaban J connectivity index is 1.89. The second-order valence-electron chi connectivity index (χ2n) is 5.60. The van der Waals surface area contributed by atoms with Crippen molar-refractivity contribution < 1.29 is 9.90 Å². The summed E-state index contributed by atoms with van der Waals surface area (Å²) in [5, 5.41) is 15.1. The molecule has 6 nitrogen and oxygen atoms in total. The first kappa shape index (κ1) is 18.2. The van der Waals surface area contributed by atoms with Crippen molar-refractivity contribution in [1.29, 1.82) is 0 Å². The lowest BCUT2D eigenvalue weighted by Gasteiger charge is -2.08. The Kier molecular flexibility index (Phi) is 6.71. The number of hydrogen-bond donors (Lipinski definition) is 3. The lowest BCUT2D eigenvalue weighted by molar-refractivity contribution is -0.136. The number of aliphatic imine (C=N–C) groups is 1. The average Bonchev–Trinajstić information content (AvgIpc) is 2.61. The van der Waals surface area contributed by atoms with E-state index in [9.17, 15) is 4.79 Å². The molecule has 0 spiro atoms. The first-order valence-corrected chi connectivity index (χ1v) is 7.96. The summed E-state index contributed by atoms with van der Waals surface area (Å²) in [6.07, 6.45) is 4.20. The van der Waals surface area contributed by atoms with E-state index >= 15 is 0 Å². The molecule has 6 heteroatoms. The molecule has 2 rings (SSSR count). The van der Waals surface area contributed by atoms with Crippen molar-refractivity contribution in [1.82, 2.24) is 4.98 Å². The number of nitrogens with zero attached hydrogens (tertiary/aromatic N) is 2. The number of aryl methyl sites for hydroxylation is 2. The van der Waals surface area contributed by atoms with Gasteiger partial charge in [0.1, 0.15) is 5.82 Å². The van der Waals surface area contributed by atoms with E-state index in [2.05, 4.69) is 27.3 Å². The van der Waals surface area contributed by atoms with Crippen LogP contribution in [0.15, 0.2) is 59.5 Å². The fourth-order valence-electron chi connectivity index (χ4n) is 2.15. The van der Waals surface area contributed by atoms with E-state index in [-0.39, 0.29) is 6.42 Å². The molecular formula is C19H22N4O2. The molecule has 0 radical (unpaired) electrons. The monoisotopic (exact) mass is 338 g/mol. The highest BCUT2D eigenvalue weighted by Gasteiger charge is 2.00. The van der Waals surface area contributed by atoms with Crippen LogP contribution in [0.3, 0.4) is 0 Å². The van der Waals surface area contributed by atoms with Gasteiger partial charge < -0.3 is 15.7 Å². The Morgan fingerprint density at radius 1 is 1.32 bits per heavy atom. The van der Waals surface area contributed by atoms with E-state index in [1.54, 1.807) is 12.4 Å². The summed E-state index contributed by atoms with van der Waals surface area (Å²) in [6.45, 7) is 6.10. The number of rotatable bonds is 9. The number of carboxylic acids is 1. The molecular weight excluding hydrogens is 316 g/mol. The second-order valence-corrected chi connectivity index (χ2v) is 5.60. The minimum atomic E-state index is -0.789. The van der Waals surface area contributed by atoms with Gasteiger partial charge in [-0.25, -0.2) is 4.98 Å². The van der Waals surface area contributed by atoms with Crippen molar-refractivity contribution in [3.05, 3.63) is 65.6 Å². The molecule has 0 aliphatic carbocycles. The van der Waals surface area contributed by atoms with Gasteiger partial charge in [0.05, 0.1) is 12.2 Å². The summed E-state index contributed by atoms with van der Waals surface area (Å²) < 4.78 is 0. The summed E-state index contributed by atoms with van der Waals surface area (Å²) in [5.41, 5.74) is 3.77. The number of aliphatic carboxylic acids is 1. The maximum atomic E-state index is 10.6. The summed E-state index contributed by atoms with van der Waals surface area (Å²) in [4.78, 5) is 18.8. The number of aromatic nitrogens is 1. The zero-order valence-electron chi connectivity index (χ0n) is 14.2. The van der Waals surface area contributed by atoms with E-state index in [1.807, 2.05) is 43.3 Å². The third-order valence-electron chi connectivity index (χ3n) is 3.56. The van der Waals surface area contributed by atoms with Crippen molar-refractivity contribution in [2.75, 3.05) is 17.2 Å². The molecule has 2 aromatic rings. The molecule has 0 aliphatic rings. The van der Waals surface area contributed by atoms with E-state index in [0.717, 1.165) is 28.3 Å². The number of anilines is 2. The van der Waals surface area contributed by atoms with Crippen LogP contribution in [0.2, 0.25) is 0 Å². The normalized spacial score (nSPS) is 11.0. The molecule has 0 aliphatic heterocycles. The standard InChI is InChI=1S/C19H22N4O2/c1-14-9-10-21-18(11-14)23-13-17(20-2)12-22-16-6-3-15(4-7-16)5-8-19(24)25/h3-4,6-7,9-12,22H,2,5,8,13H2,1H3,(H,21,23)(H,24,25)/b17-12-. The fraction of sp³-hybridized carbons (Fsp3) is 0.211. The Morgan fingerprint density at radius 3 is 2.72 bits per heavy atom. The van der Waals surface area contributed by atoms with Gasteiger partial charge in [-0.05, 0) is 55.5 Å². The second kappa shape index (κ2) is 9.22. The zero-order chi connectivity index (χ0) is 18.1. The van der Waals surface area contributed by atoms with Crippen LogP contribution in [0.4, 0.5) is 11.5 Å². The van der Waals surface area contributed by atoms with E-state index < -0.39 is 5.97 Å². The Labute approximate surface area is 147 Å². The van der Waals surface area contributed by atoms with Crippen LogP contribution in [0, 0.1) is 6.92 Å². The first-order valence-electron chi connectivity index (χ1n) is 7.96. The lowest BCUT2D eigenvalue weighted by Crippen LogP contribution is -2.06. The summed E-state index contributed by atoms with van der Waals surface area (Å²) in [7, 11) is 0. The average molecular weight is 338 g/mol. The van der Waals surface area contributed by atoms with E-state index in [0.29, 0.717) is 13.0 Å². The van der Waals surface area contributed by atoms with Crippen LogP contribution in [0.5, 0.6) is 0 Å². The smallest absolute Gasteiger partial charge is 0.303 e. The SMILES string of the molecule is C=N/C(=C\Nc1ccc(CCC(=O)O)cc1)CNc1cc(C)ccn1. The maximum Gasteiger partial charge on any atom is 0.303 e. The maximum absolute atomic E-state index is 10.6. The minimum Gasteiger partial charge on any atom is -0.481 e. The molecule has 1 aromatic heterocycles. The van der Waals surface area contributed by atoms with E-state index in [4.69, 9.17) is 5.11 Å². The van der Waals surface area contributed by atoms with Gasteiger partial charge in [0, 0.05) is 24.5 Å². The van der Waals surface area contributed by atoms with Gasteiger partial charge in [-0.3, -0.25) is 9.79 Å². The topological polar surface area (TPSA) is 86.6 Å². The molecule has 1 heterocycles. The Bertz CT molecular complexity index is 754. The summed E-state index contributed by atoms with van der Waals surface area (Å²) in [5.74, 6) is -0.000216. The Morgan fingerprint density at radius 2 is 2.08 bits per heavy atom. The van der Waals surface area contributed by atoms with Crippen LogP contribution >= 0.6 is 0 Å². The minimum absolute atomic E-state index is 0.135. The van der Waals surface area contributed by atoms with Gasteiger partial charge in [-0.15, -0.1) is 0 Å². The molecule has 3 N–H and O–H groups in total. The quantitative estimate of drug-likeness (QED) is 0.610. The van der Waals surface area contributed by atoms with Gasteiger partial charge >= 0.3 is 5.97 Å². The number of pyridine rings is 1. The molecule has 0 saturated heterocycles. The molecule has 1 aromatic carbocycles. The van der Waals surface area contributed by atoms with Gasteiger partial charge in [0.25, 0.3) is 0 Å². The van der Waals surface area contributed by atoms with Crippen LogP contribution in [0.1, 0.15) is 17.5 Å². The fourth-order valence-corrected chi connectivity index (χ4v) is 2.15. The highest BCUT2D eigenvalue weighted by atomic mass is 16.4. The number of carboxylic acid groups (broad SMARTS) is 1. The van der Waals surface area contributed by atoms with Crippen LogP contribution in [0.25, 0.3) is 0 Å². The third kappa shape index (κ3) is 6.47. The van der Waals surface area contributed by atoms with Crippen molar-refractivity contribution in [2.45, 2.75) is 19.8 Å². The molecule has 0 unspecified atom stereocenters. The predicted octanol–water partition coefficient (Wildman–Crippen LogP) is 3.47. The molecule has 130 valence electrons. The predicted molar refractivity (Wildman–Crippen MR) is 101 cm³/mol. The Hall–Kier alpha value is -3.15. The molecule has 0 amide bonds. The van der Waals surface area contributed by atoms with Gasteiger partial charge in [-0.1, -0.05) is 12.1 Å². The van der Waals surface area contributed by atoms with Crippen LogP contribution in [-0.4, -0.2) is 29.3 Å². The lowest BCUT2D eigenvalue weighted by atomic mass is 10.1. The number of benzene rings is 1. The van der Waals surface area contributed by atoms with Crippen molar-refractivity contribution >= 4 is 24.2 Å². The summed E-state index contributed by atoms with van der Waals surface area (Å²) >= 11 is 0.